The highest BCUT2D eigenvalue weighted by molar-refractivity contribution is 6.31. The summed E-state index contributed by atoms with van der Waals surface area (Å²) in [5.74, 6) is 0. The predicted octanol–water partition coefficient (Wildman–Crippen LogP) is 0.633. The van der Waals surface area contributed by atoms with Crippen LogP contribution in [0.15, 0.2) is 6.20 Å². The van der Waals surface area contributed by atoms with Crippen molar-refractivity contribution >= 4 is 11.6 Å². The number of aliphatic hydroxyl groups is 1. The van der Waals surface area contributed by atoms with Crippen LogP contribution in [0.3, 0.4) is 0 Å². The Hall–Kier alpha value is -0.580. The van der Waals surface area contributed by atoms with E-state index in [0.717, 1.165) is 18.8 Å². The van der Waals surface area contributed by atoms with Gasteiger partial charge in [-0.2, -0.15) is 5.10 Å². The first-order valence-electron chi connectivity index (χ1n) is 4.61. The summed E-state index contributed by atoms with van der Waals surface area (Å²) < 4.78 is 1.85. The summed E-state index contributed by atoms with van der Waals surface area (Å²) in [7, 11) is 4.02. The Morgan fingerprint density at radius 1 is 1.57 bits per heavy atom. The van der Waals surface area contributed by atoms with Gasteiger partial charge in [-0.05, 0) is 14.1 Å². The van der Waals surface area contributed by atoms with Crippen molar-refractivity contribution in [2.24, 2.45) is 0 Å². The minimum absolute atomic E-state index is 0.105. The summed E-state index contributed by atoms with van der Waals surface area (Å²) in [6.45, 7) is 1.82. The third kappa shape index (κ3) is 2.97. The number of hydrogen-bond acceptors (Lipinski definition) is 3. The molecule has 0 aromatic carbocycles. The molecule has 0 fully saturated rings. The van der Waals surface area contributed by atoms with Crippen molar-refractivity contribution in [1.82, 2.24) is 14.7 Å². The predicted molar refractivity (Wildman–Crippen MR) is 56.6 cm³/mol. The molecular weight excluding hydrogens is 202 g/mol. The van der Waals surface area contributed by atoms with Gasteiger partial charge in [0.25, 0.3) is 0 Å². The molecule has 0 saturated heterocycles. The molecule has 0 bridgehead atoms. The highest BCUT2D eigenvalue weighted by atomic mass is 35.5. The van der Waals surface area contributed by atoms with Crippen molar-refractivity contribution in [3.8, 4) is 0 Å². The molecule has 0 atom stereocenters. The first-order valence-corrected chi connectivity index (χ1v) is 4.98. The van der Waals surface area contributed by atoms with Crippen LogP contribution in [0.2, 0.25) is 5.02 Å². The van der Waals surface area contributed by atoms with Crippen LogP contribution >= 0.6 is 11.6 Å². The third-order valence-electron chi connectivity index (χ3n) is 2.01. The third-order valence-corrected chi connectivity index (χ3v) is 2.32. The molecule has 80 valence electrons. The Morgan fingerprint density at radius 3 is 2.86 bits per heavy atom. The van der Waals surface area contributed by atoms with Gasteiger partial charge in [0.15, 0.2) is 0 Å². The van der Waals surface area contributed by atoms with Crippen LogP contribution in [-0.4, -0.2) is 47.0 Å². The molecule has 0 radical (unpaired) electrons. The van der Waals surface area contributed by atoms with E-state index < -0.39 is 0 Å². The maximum Gasteiger partial charge on any atom is 0.0818 e. The van der Waals surface area contributed by atoms with Gasteiger partial charge in [0.1, 0.15) is 0 Å². The number of hydrogen-bond donors (Lipinski definition) is 1. The van der Waals surface area contributed by atoms with E-state index in [9.17, 15) is 0 Å². The zero-order chi connectivity index (χ0) is 10.6. The molecule has 1 aromatic heterocycles. The first-order chi connectivity index (χ1) is 6.65. The van der Waals surface area contributed by atoms with Gasteiger partial charge in [0.2, 0.25) is 0 Å². The van der Waals surface area contributed by atoms with Crippen LogP contribution in [0.1, 0.15) is 5.69 Å². The van der Waals surface area contributed by atoms with Crippen LogP contribution in [-0.2, 0) is 13.0 Å². The van der Waals surface area contributed by atoms with E-state index in [1.807, 2.05) is 18.8 Å². The molecule has 0 saturated carbocycles. The first kappa shape index (κ1) is 11.5. The Balaban J connectivity index is 2.65. The second kappa shape index (κ2) is 5.34. The molecule has 1 heterocycles. The molecule has 0 unspecified atom stereocenters. The van der Waals surface area contributed by atoms with Crippen LogP contribution in [0, 0.1) is 0 Å². The average Bonchev–Trinajstić information content (AvgIpc) is 2.46. The van der Waals surface area contributed by atoms with Crippen molar-refractivity contribution in [3.05, 3.63) is 16.9 Å². The molecule has 0 amide bonds. The maximum atomic E-state index is 8.85. The summed E-state index contributed by atoms with van der Waals surface area (Å²) in [6, 6.07) is 0. The van der Waals surface area contributed by atoms with E-state index in [1.165, 1.54) is 0 Å². The fraction of sp³-hybridized carbons (Fsp3) is 0.667. The largest absolute Gasteiger partial charge is 0.396 e. The fourth-order valence-corrected chi connectivity index (χ4v) is 1.47. The van der Waals surface area contributed by atoms with Gasteiger partial charge in [0.05, 0.1) is 23.5 Å². The second-order valence-corrected chi connectivity index (χ2v) is 3.85. The van der Waals surface area contributed by atoms with Crippen LogP contribution in [0.4, 0.5) is 0 Å². The number of aliphatic hydroxyl groups excluding tert-OH is 1. The standard InChI is InChI=1S/C9H16ClN3O/c1-12(2)4-5-13-9(3-6-14)8(10)7-11-13/h7,14H,3-6H2,1-2H3. The molecule has 1 rings (SSSR count). The molecular formula is C9H16ClN3O. The van der Waals surface area contributed by atoms with Gasteiger partial charge in [0, 0.05) is 19.6 Å². The lowest BCUT2D eigenvalue weighted by Crippen LogP contribution is -2.20. The summed E-state index contributed by atoms with van der Waals surface area (Å²) in [5.41, 5.74) is 0.913. The highest BCUT2D eigenvalue weighted by Gasteiger charge is 2.07. The Labute approximate surface area is 89.1 Å². The summed E-state index contributed by atoms with van der Waals surface area (Å²) in [6.07, 6.45) is 2.19. The number of rotatable bonds is 5. The molecule has 1 aromatic rings. The van der Waals surface area contributed by atoms with Crippen LogP contribution in [0.5, 0.6) is 0 Å². The van der Waals surface area contributed by atoms with Gasteiger partial charge >= 0.3 is 0 Å². The summed E-state index contributed by atoms with van der Waals surface area (Å²) in [4.78, 5) is 2.08. The molecule has 1 N–H and O–H groups in total. The lowest BCUT2D eigenvalue weighted by molar-refractivity contribution is 0.293. The van der Waals surface area contributed by atoms with E-state index in [-0.39, 0.29) is 6.61 Å². The van der Waals surface area contributed by atoms with Gasteiger partial charge in [-0.15, -0.1) is 0 Å². The zero-order valence-electron chi connectivity index (χ0n) is 8.57. The van der Waals surface area contributed by atoms with E-state index in [2.05, 4.69) is 10.00 Å². The minimum Gasteiger partial charge on any atom is -0.396 e. The monoisotopic (exact) mass is 217 g/mol. The van der Waals surface area contributed by atoms with Crippen molar-refractivity contribution in [2.45, 2.75) is 13.0 Å². The van der Waals surface area contributed by atoms with E-state index in [0.29, 0.717) is 11.4 Å². The molecule has 0 aliphatic rings. The van der Waals surface area contributed by atoms with Crippen molar-refractivity contribution in [3.63, 3.8) is 0 Å². The highest BCUT2D eigenvalue weighted by Crippen LogP contribution is 2.15. The summed E-state index contributed by atoms with van der Waals surface area (Å²) in [5, 5.41) is 13.6. The van der Waals surface area contributed by atoms with Crippen molar-refractivity contribution < 1.29 is 5.11 Å². The maximum absolute atomic E-state index is 8.85. The topological polar surface area (TPSA) is 41.3 Å². The number of aromatic nitrogens is 2. The molecule has 0 aliphatic heterocycles. The van der Waals surface area contributed by atoms with Crippen LogP contribution in [0.25, 0.3) is 0 Å². The normalized spacial score (nSPS) is 11.2. The van der Waals surface area contributed by atoms with Gasteiger partial charge in [-0.1, -0.05) is 11.6 Å². The lowest BCUT2D eigenvalue weighted by atomic mass is 10.3. The second-order valence-electron chi connectivity index (χ2n) is 3.44. The fourth-order valence-electron chi connectivity index (χ4n) is 1.23. The molecule has 14 heavy (non-hydrogen) atoms. The van der Waals surface area contributed by atoms with Crippen molar-refractivity contribution in [2.75, 3.05) is 27.2 Å². The number of halogens is 1. The van der Waals surface area contributed by atoms with E-state index >= 15 is 0 Å². The average molecular weight is 218 g/mol. The Bertz CT molecular complexity index is 286. The summed E-state index contributed by atoms with van der Waals surface area (Å²) >= 11 is 5.93. The van der Waals surface area contributed by atoms with Gasteiger partial charge < -0.3 is 10.0 Å². The minimum atomic E-state index is 0.105. The molecule has 4 nitrogen and oxygen atoms in total. The number of likely N-dealkylation sites (N-methyl/N-ethyl adjacent to an activating group) is 1. The van der Waals surface area contributed by atoms with Crippen LogP contribution < -0.4 is 0 Å². The van der Waals surface area contributed by atoms with Crippen molar-refractivity contribution in [1.29, 1.82) is 0 Å². The number of nitrogens with zero attached hydrogens (tertiary/aromatic N) is 3. The SMILES string of the molecule is CN(C)CCn1ncc(Cl)c1CCO. The lowest BCUT2D eigenvalue weighted by Gasteiger charge is -2.11. The smallest absolute Gasteiger partial charge is 0.0818 e. The molecule has 0 spiro atoms. The molecule has 5 heteroatoms. The Morgan fingerprint density at radius 2 is 2.29 bits per heavy atom. The Kier molecular flexibility index (Phi) is 4.38. The zero-order valence-corrected chi connectivity index (χ0v) is 9.33. The van der Waals surface area contributed by atoms with E-state index in [4.69, 9.17) is 16.7 Å². The van der Waals surface area contributed by atoms with E-state index in [1.54, 1.807) is 6.20 Å². The quantitative estimate of drug-likeness (QED) is 0.787. The molecule has 0 aliphatic carbocycles. The van der Waals surface area contributed by atoms with Gasteiger partial charge in [-0.25, -0.2) is 0 Å². The van der Waals surface area contributed by atoms with Gasteiger partial charge in [-0.3, -0.25) is 4.68 Å².